The van der Waals surface area contributed by atoms with E-state index in [-0.39, 0.29) is 0 Å². The van der Waals surface area contributed by atoms with Crippen LogP contribution in [0.2, 0.25) is 0 Å². The highest BCUT2D eigenvalue weighted by Crippen LogP contribution is 2.21. The molecule has 1 fully saturated rings. The Morgan fingerprint density at radius 1 is 1.37 bits per heavy atom. The molecule has 108 valence electrons. The lowest BCUT2D eigenvalue weighted by Gasteiger charge is -2.31. The van der Waals surface area contributed by atoms with Gasteiger partial charge < -0.3 is 5.32 Å². The minimum atomic E-state index is 0.394. The van der Waals surface area contributed by atoms with Crippen LogP contribution in [0.15, 0.2) is 6.33 Å². The maximum atomic E-state index is 4.40. The number of piperidine rings is 1. The second-order valence-electron chi connectivity index (χ2n) is 5.83. The van der Waals surface area contributed by atoms with Gasteiger partial charge in [0.05, 0.1) is 6.54 Å². The van der Waals surface area contributed by atoms with Gasteiger partial charge in [0.25, 0.3) is 0 Å². The molecule has 0 aromatic carbocycles. The Morgan fingerprint density at radius 3 is 2.74 bits per heavy atom. The van der Waals surface area contributed by atoms with Crippen molar-refractivity contribution < 1.29 is 0 Å². The fraction of sp³-hybridized carbons (Fsp3) is 0.857. The first-order valence-corrected chi connectivity index (χ1v) is 7.46. The Bertz CT molecular complexity index is 366. The number of hydrogen-bond acceptors (Lipinski definition) is 4. The second-order valence-corrected chi connectivity index (χ2v) is 5.83. The molecule has 0 atom stereocenters. The zero-order valence-corrected chi connectivity index (χ0v) is 12.5. The van der Waals surface area contributed by atoms with Crippen LogP contribution in [0.4, 0.5) is 0 Å². The van der Waals surface area contributed by atoms with Gasteiger partial charge in [0.2, 0.25) is 0 Å². The fourth-order valence-electron chi connectivity index (χ4n) is 2.80. The smallest absolute Gasteiger partial charge is 0.141 e. The van der Waals surface area contributed by atoms with Gasteiger partial charge in [-0.15, -0.1) is 0 Å². The highest BCUT2D eigenvalue weighted by Gasteiger charge is 2.20. The van der Waals surface area contributed by atoms with Crippen molar-refractivity contribution in [2.75, 3.05) is 26.7 Å². The Morgan fingerprint density at radius 2 is 2.11 bits per heavy atom. The molecule has 1 aromatic rings. The molecule has 5 nitrogen and oxygen atoms in total. The normalized spacial score (nSPS) is 18.3. The predicted molar refractivity (Wildman–Crippen MR) is 77.0 cm³/mol. The van der Waals surface area contributed by atoms with Gasteiger partial charge in [-0.05, 0) is 65.7 Å². The summed E-state index contributed by atoms with van der Waals surface area (Å²) in [5.41, 5.74) is 0. The molecule has 0 radical (unpaired) electrons. The van der Waals surface area contributed by atoms with E-state index in [2.05, 4.69) is 34.1 Å². The zero-order chi connectivity index (χ0) is 13.7. The molecule has 2 heterocycles. The van der Waals surface area contributed by atoms with Crippen LogP contribution in [0.5, 0.6) is 0 Å². The summed E-state index contributed by atoms with van der Waals surface area (Å²) in [6.45, 7) is 8.78. The van der Waals surface area contributed by atoms with Crippen molar-refractivity contribution in [2.24, 2.45) is 5.92 Å². The molecule has 5 heteroatoms. The van der Waals surface area contributed by atoms with Crippen molar-refractivity contribution in [1.29, 1.82) is 0 Å². The van der Waals surface area contributed by atoms with Crippen LogP contribution in [0.3, 0.4) is 0 Å². The van der Waals surface area contributed by atoms with Crippen LogP contribution in [0.1, 0.15) is 45.0 Å². The van der Waals surface area contributed by atoms with Gasteiger partial charge in [0, 0.05) is 6.04 Å². The minimum absolute atomic E-state index is 0.394. The average Bonchev–Trinajstić information content (AvgIpc) is 2.86. The molecule has 0 saturated carbocycles. The number of likely N-dealkylation sites (tertiary alicyclic amines) is 1. The van der Waals surface area contributed by atoms with Crippen molar-refractivity contribution in [3.63, 3.8) is 0 Å². The number of hydrogen-bond donors (Lipinski definition) is 1. The third-order valence-electron chi connectivity index (χ3n) is 4.01. The van der Waals surface area contributed by atoms with E-state index in [1.165, 1.54) is 32.4 Å². The largest absolute Gasteiger partial charge is 0.320 e. The lowest BCUT2D eigenvalue weighted by Crippen LogP contribution is -2.35. The number of nitrogens with one attached hydrogen (secondary N) is 1. The number of nitrogens with zero attached hydrogens (tertiary/aromatic N) is 4. The first-order chi connectivity index (χ1) is 9.20. The molecule has 1 aliphatic rings. The molecule has 1 N–H and O–H groups in total. The molecule has 0 amide bonds. The second kappa shape index (κ2) is 7.01. The van der Waals surface area contributed by atoms with Crippen LogP contribution in [-0.4, -0.2) is 46.3 Å². The van der Waals surface area contributed by atoms with E-state index in [4.69, 9.17) is 0 Å². The zero-order valence-electron chi connectivity index (χ0n) is 12.5. The van der Waals surface area contributed by atoms with Crippen molar-refractivity contribution in [3.8, 4) is 0 Å². The van der Waals surface area contributed by atoms with E-state index >= 15 is 0 Å². The maximum absolute atomic E-state index is 4.40. The Balaban J connectivity index is 1.80. The lowest BCUT2D eigenvalue weighted by atomic mass is 9.93. The van der Waals surface area contributed by atoms with Crippen molar-refractivity contribution in [3.05, 3.63) is 12.2 Å². The average molecular weight is 265 g/mol. The number of aromatic nitrogens is 3. The SMILES string of the molecule is CNCCC1CCN(Cc2ncnn2C(C)C)CC1. The predicted octanol–water partition coefficient (Wildman–Crippen LogP) is 1.68. The monoisotopic (exact) mass is 265 g/mol. The van der Waals surface area contributed by atoms with E-state index < -0.39 is 0 Å². The van der Waals surface area contributed by atoms with Gasteiger partial charge in [0.1, 0.15) is 12.2 Å². The molecular weight excluding hydrogens is 238 g/mol. The first kappa shape index (κ1) is 14.5. The van der Waals surface area contributed by atoms with E-state index in [0.29, 0.717) is 6.04 Å². The summed E-state index contributed by atoms with van der Waals surface area (Å²) >= 11 is 0. The topological polar surface area (TPSA) is 46.0 Å². The summed E-state index contributed by atoms with van der Waals surface area (Å²) in [7, 11) is 2.04. The summed E-state index contributed by atoms with van der Waals surface area (Å²) in [5.74, 6) is 2.00. The summed E-state index contributed by atoms with van der Waals surface area (Å²) in [5, 5.41) is 7.55. The molecular formula is C14H27N5. The highest BCUT2D eigenvalue weighted by molar-refractivity contribution is 4.88. The molecule has 1 aliphatic heterocycles. The van der Waals surface area contributed by atoms with Gasteiger partial charge in [-0.1, -0.05) is 0 Å². The van der Waals surface area contributed by atoms with Gasteiger partial charge in [0.15, 0.2) is 0 Å². The molecule has 0 spiro atoms. The summed E-state index contributed by atoms with van der Waals surface area (Å²) in [4.78, 5) is 6.91. The first-order valence-electron chi connectivity index (χ1n) is 7.46. The van der Waals surface area contributed by atoms with E-state index in [1.54, 1.807) is 6.33 Å². The van der Waals surface area contributed by atoms with Crippen LogP contribution < -0.4 is 5.32 Å². The number of rotatable bonds is 6. The van der Waals surface area contributed by atoms with Crippen molar-refractivity contribution in [1.82, 2.24) is 25.0 Å². The Hall–Kier alpha value is -0.940. The third-order valence-corrected chi connectivity index (χ3v) is 4.01. The van der Waals surface area contributed by atoms with E-state index in [0.717, 1.165) is 24.8 Å². The van der Waals surface area contributed by atoms with E-state index in [1.807, 2.05) is 11.7 Å². The molecule has 19 heavy (non-hydrogen) atoms. The van der Waals surface area contributed by atoms with Gasteiger partial charge >= 0.3 is 0 Å². The molecule has 2 rings (SSSR count). The maximum Gasteiger partial charge on any atom is 0.141 e. The van der Waals surface area contributed by atoms with Crippen LogP contribution in [-0.2, 0) is 6.54 Å². The standard InChI is InChI=1S/C14H27N5/c1-12(2)19-14(16-11-17-19)10-18-8-5-13(6-9-18)4-7-15-3/h11-13,15H,4-10H2,1-3H3. The highest BCUT2D eigenvalue weighted by atomic mass is 15.4. The summed E-state index contributed by atoms with van der Waals surface area (Å²) < 4.78 is 2.03. The fourth-order valence-corrected chi connectivity index (χ4v) is 2.80. The minimum Gasteiger partial charge on any atom is -0.320 e. The lowest BCUT2D eigenvalue weighted by molar-refractivity contribution is 0.166. The van der Waals surface area contributed by atoms with Crippen LogP contribution >= 0.6 is 0 Å². The third kappa shape index (κ3) is 4.01. The summed E-state index contributed by atoms with van der Waals surface area (Å²) in [6.07, 6.45) is 5.62. The van der Waals surface area contributed by atoms with Crippen LogP contribution in [0, 0.1) is 5.92 Å². The molecule has 1 aromatic heterocycles. The van der Waals surface area contributed by atoms with Gasteiger partial charge in [-0.3, -0.25) is 4.90 Å². The van der Waals surface area contributed by atoms with Gasteiger partial charge in [-0.2, -0.15) is 5.10 Å². The molecule has 0 bridgehead atoms. The van der Waals surface area contributed by atoms with Crippen molar-refractivity contribution in [2.45, 2.75) is 45.7 Å². The molecule has 0 aliphatic carbocycles. The van der Waals surface area contributed by atoms with E-state index in [9.17, 15) is 0 Å². The Kier molecular flexibility index (Phi) is 5.34. The van der Waals surface area contributed by atoms with Gasteiger partial charge in [-0.25, -0.2) is 9.67 Å². The quantitative estimate of drug-likeness (QED) is 0.850. The summed E-state index contributed by atoms with van der Waals surface area (Å²) in [6, 6.07) is 0.394. The van der Waals surface area contributed by atoms with Crippen molar-refractivity contribution >= 4 is 0 Å². The Labute approximate surface area is 116 Å². The molecule has 0 unspecified atom stereocenters. The van der Waals surface area contributed by atoms with Crippen LogP contribution in [0.25, 0.3) is 0 Å². The molecule has 1 saturated heterocycles.